The highest BCUT2D eigenvalue weighted by atomic mass is 17.0. The molecule has 1 atom stereocenters. The highest BCUT2D eigenvalue weighted by molar-refractivity contribution is 5.33. The fourth-order valence-electron chi connectivity index (χ4n) is 1.74. The minimum absolute atomic E-state index is 0.000139. The lowest BCUT2D eigenvalue weighted by Crippen LogP contribution is -2.18. The second-order valence-electron chi connectivity index (χ2n) is 3.59. The Morgan fingerprint density at radius 3 is 3.25 bits per heavy atom. The minimum Gasteiger partial charge on any atom is -0.274 e. The molecule has 1 unspecified atom stereocenters. The van der Waals surface area contributed by atoms with Crippen molar-refractivity contribution in [1.29, 1.82) is 5.26 Å². The van der Waals surface area contributed by atoms with E-state index in [0.29, 0.717) is 12.2 Å². The van der Waals surface area contributed by atoms with Crippen molar-refractivity contribution in [2.45, 2.75) is 19.4 Å². The molecule has 1 aromatic carbocycles. The van der Waals surface area contributed by atoms with E-state index < -0.39 is 0 Å². The van der Waals surface area contributed by atoms with Crippen LogP contribution in [-0.4, -0.2) is 18.4 Å². The fraction of sp³-hybridized carbons (Fsp3) is 0.417. The van der Waals surface area contributed by atoms with E-state index >= 15 is 0 Å². The normalized spacial score (nSPS) is 20.9. The maximum absolute atomic E-state index is 8.82. The molecule has 84 valence electrons. The maximum Gasteiger partial charge on any atom is 0.108 e. The summed E-state index contributed by atoms with van der Waals surface area (Å²) in [5.74, 6) is 0. The first-order valence-corrected chi connectivity index (χ1v) is 5.40. The zero-order valence-electron chi connectivity index (χ0n) is 9.22. The van der Waals surface area contributed by atoms with Crippen molar-refractivity contribution in [2.75, 3.05) is 13.2 Å². The summed E-state index contributed by atoms with van der Waals surface area (Å²) >= 11 is 0. The third kappa shape index (κ3) is 2.39. The van der Waals surface area contributed by atoms with E-state index in [0.717, 1.165) is 18.5 Å². The van der Waals surface area contributed by atoms with Crippen LogP contribution in [0.1, 0.15) is 30.6 Å². The van der Waals surface area contributed by atoms with Gasteiger partial charge in [0.15, 0.2) is 0 Å². The van der Waals surface area contributed by atoms with Gasteiger partial charge in [0, 0.05) is 0 Å². The van der Waals surface area contributed by atoms with Gasteiger partial charge in [0.1, 0.15) is 6.10 Å². The number of nitriles is 1. The van der Waals surface area contributed by atoms with Gasteiger partial charge in [-0.25, -0.2) is 0 Å². The van der Waals surface area contributed by atoms with Gasteiger partial charge in [0.25, 0.3) is 0 Å². The molecule has 0 N–H and O–H groups in total. The highest BCUT2D eigenvalue weighted by Crippen LogP contribution is 2.29. The summed E-state index contributed by atoms with van der Waals surface area (Å²) in [6, 6.07) is 9.63. The van der Waals surface area contributed by atoms with Crippen LogP contribution < -0.4 is 0 Å². The molecule has 0 spiro atoms. The number of hydroxylamine groups is 2. The molecule has 1 fully saturated rings. The van der Waals surface area contributed by atoms with Crippen LogP contribution in [0.15, 0.2) is 24.3 Å². The van der Waals surface area contributed by atoms with Crippen molar-refractivity contribution in [3.63, 3.8) is 0 Å². The first-order valence-electron chi connectivity index (χ1n) is 5.40. The van der Waals surface area contributed by atoms with Crippen LogP contribution in [-0.2, 0) is 9.68 Å². The van der Waals surface area contributed by atoms with Crippen molar-refractivity contribution in [3.8, 4) is 6.07 Å². The van der Waals surface area contributed by atoms with E-state index in [2.05, 4.69) is 6.07 Å². The van der Waals surface area contributed by atoms with Crippen LogP contribution in [0.25, 0.3) is 0 Å². The SMILES string of the molecule is CCON1CCC(c2cccc(C#N)c2)O1. The van der Waals surface area contributed by atoms with E-state index in [1.165, 1.54) is 5.23 Å². The fourth-order valence-corrected chi connectivity index (χ4v) is 1.74. The van der Waals surface area contributed by atoms with Crippen molar-refractivity contribution < 1.29 is 9.68 Å². The maximum atomic E-state index is 8.82. The molecule has 0 aromatic heterocycles. The summed E-state index contributed by atoms with van der Waals surface area (Å²) in [5, 5.41) is 10.3. The zero-order chi connectivity index (χ0) is 11.4. The summed E-state index contributed by atoms with van der Waals surface area (Å²) in [6.45, 7) is 3.28. The number of hydrogen-bond acceptors (Lipinski definition) is 4. The van der Waals surface area contributed by atoms with Crippen LogP contribution in [0.5, 0.6) is 0 Å². The van der Waals surface area contributed by atoms with E-state index in [1.54, 1.807) is 6.07 Å². The van der Waals surface area contributed by atoms with Crippen molar-refractivity contribution in [1.82, 2.24) is 5.23 Å². The Balaban J connectivity index is 2.06. The molecule has 0 amide bonds. The third-order valence-corrected chi connectivity index (χ3v) is 2.48. The van der Waals surface area contributed by atoms with Crippen molar-refractivity contribution in [2.24, 2.45) is 0 Å². The first kappa shape index (κ1) is 11.1. The molecule has 1 aliphatic rings. The lowest BCUT2D eigenvalue weighted by Gasteiger charge is -2.14. The van der Waals surface area contributed by atoms with Crippen molar-refractivity contribution in [3.05, 3.63) is 35.4 Å². The Morgan fingerprint density at radius 2 is 2.50 bits per heavy atom. The molecule has 0 radical (unpaired) electrons. The largest absolute Gasteiger partial charge is 0.274 e. The van der Waals surface area contributed by atoms with Gasteiger partial charge in [0.05, 0.1) is 24.8 Å². The van der Waals surface area contributed by atoms with E-state index in [1.807, 2.05) is 25.1 Å². The Bertz CT molecular complexity index is 400. The second kappa shape index (κ2) is 5.08. The Morgan fingerprint density at radius 1 is 1.62 bits per heavy atom. The van der Waals surface area contributed by atoms with Crippen LogP contribution in [0.4, 0.5) is 0 Å². The van der Waals surface area contributed by atoms with Gasteiger partial charge in [-0.1, -0.05) is 17.4 Å². The standard InChI is InChI=1S/C12H14N2O2/c1-2-15-14-7-6-12(16-14)11-5-3-4-10(8-11)9-13/h3-5,8,12H,2,6-7H2,1H3. The average molecular weight is 218 g/mol. The van der Waals surface area contributed by atoms with E-state index in [4.69, 9.17) is 14.9 Å². The Labute approximate surface area is 94.9 Å². The third-order valence-electron chi connectivity index (χ3n) is 2.48. The topological polar surface area (TPSA) is 45.5 Å². The number of rotatable bonds is 3. The van der Waals surface area contributed by atoms with Crippen LogP contribution >= 0.6 is 0 Å². The molecule has 1 aromatic rings. The average Bonchev–Trinajstić information content (AvgIpc) is 2.78. The van der Waals surface area contributed by atoms with Crippen LogP contribution in [0.2, 0.25) is 0 Å². The lowest BCUT2D eigenvalue weighted by atomic mass is 10.0. The summed E-state index contributed by atoms with van der Waals surface area (Å²) < 4.78 is 0. The molecule has 0 aliphatic carbocycles. The molecule has 1 aliphatic heterocycles. The number of nitrogens with zero attached hydrogens (tertiary/aromatic N) is 2. The smallest absolute Gasteiger partial charge is 0.108 e. The second-order valence-corrected chi connectivity index (χ2v) is 3.59. The van der Waals surface area contributed by atoms with E-state index in [9.17, 15) is 0 Å². The van der Waals surface area contributed by atoms with Gasteiger partial charge >= 0.3 is 0 Å². The monoisotopic (exact) mass is 218 g/mol. The van der Waals surface area contributed by atoms with Gasteiger partial charge in [-0.3, -0.25) is 9.68 Å². The van der Waals surface area contributed by atoms with Gasteiger partial charge in [0.2, 0.25) is 0 Å². The Hall–Kier alpha value is -1.41. The molecule has 4 heteroatoms. The molecule has 1 saturated heterocycles. The van der Waals surface area contributed by atoms with Crippen LogP contribution in [0, 0.1) is 11.3 Å². The molecule has 4 nitrogen and oxygen atoms in total. The predicted octanol–water partition coefficient (Wildman–Crippen LogP) is 2.19. The van der Waals surface area contributed by atoms with Gasteiger partial charge < -0.3 is 0 Å². The quantitative estimate of drug-likeness (QED) is 0.780. The van der Waals surface area contributed by atoms with Crippen molar-refractivity contribution >= 4 is 0 Å². The molecule has 1 heterocycles. The molecule has 0 bridgehead atoms. The zero-order valence-corrected chi connectivity index (χ0v) is 9.22. The van der Waals surface area contributed by atoms with E-state index in [-0.39, 0.29) is 6.10 Å². The number of benzene rings is 1. The van der Waals surface area contributed by atoms with Gasteiger partial charge in [-0.15, -0.1) is 0 Å². The summed E-state index contributed by atoms with van der Waals surface area (Å²) in [4.78, 5) is 10.8. The van der Waals surface area contributed by atoms with Crippen LogP contribution in [0.3, 0.4) is 0 Å². The lowest BCUT2D eigenvalue weighted by molar-refractivity contribution is -0.353. The summed E-state index contributed by atoms with van der Waals surface area (Å²) in [5.41, 5.74) is 1.69. The van der Waals surface area contributed by atoms with Gasteiger partial charge in [-0.2, -0.15) is 5.26 Å². The molecular weight excluding hydrogens is 204 g/mol. The Kier molecular flexibility index (Phi) is 3.52. The molecule has 16 heavy (non-hydrogen) atoms. The number of hydrogen-bond donors (Lipinski definition) is 0. The first-order chi connectivity index (χ1) is 7.83. The molecule has 2 rings (SSSR count). The molecular formula is C12H14N2O2. The highest BCUT2D eigenvalue weighted by Gasteiger charge is 2.25. The minimum atomic E-state index is -0.000139. The summed E-state index contributed by atoms with van der Waals surface area (Å²) in [6.07, 6.45) is 0.884. The predicted molar refractivity (Wildman–Crippen MR) is 57.9 cm³/mol. The van der Waals surface area contributed by atoms with Gasteiger partial charge in [-0.05, 0) is 31.0 Å². The summed E-state index contributed by atoms with van der Waals surface area (Å²) in [7, 11) is 0. The molecule has 0 saturated carbocycles.